The van der Waals surface area contributed by atoms with Gasteiger partial charge in [0.15, 0.2) is 58.1 Å². The van der Waals surface area contributed by atoms with E-state index < -0.39 is 102 Å². The Hall–Kier alpha value is -3.17. The van der Waals surface area contributed by atoms with Crippen molar-refractivity contribution in [2.24, 2.45) is 10.8 Å². The molecule has 2 rings (SSSR count). The maximum Gasteiger partial charge on any atom is 0.187 e. The maximum atomic E-state index is 15.7. The summed E-state index contributed by atoms with van der Waals surface area (Å²) in [6.45, 7) is 8.60. The molecule has 0 aromatic carbocycles. The van der Waals surface area contributed by atoms with Crippen molar-refractivity contribution in [1.29, 1.82) is 0 Å². The average Bonchev–Trinajstić information content (AvgIpc) is 2.88. The molecule has 4 N–H and O–H groups in total. The molecule has 0 aliphatic heterocycles. The SMILES string of the molecule is CC(C)(O)C#CC1(C#CC(C)(C)O)C(F)=C(F)C(SC2=C(F)C(F)C(C#CC(C)(C)O)(C#CC(C)(C)O)C(F)=C2F)=C(F)C1F. The second-order valence-electron chi connectivity index (χ2n) is 12.3. The van der Waals surface area contributed by atoms with E-state index in [1.54, 1.807) is 0 Å². The van der Waals surface area contributed by atoms with Crippen LogP contribution in [0.1, 0.15) is 55.4 Å². The van der Waals surface area contributed by atoms with Gasteiger partial charge in [0, 0.05) is 0 Å². The van der Waals surface area contributed by atoms with Crippen LogP contribution in [0.15, 0.2) is 44.8 Å². The number of allylic oxidation sites excluding steroid dienone is 6. The third-order valence-corrected chi connectivity index (χ3v) is 6.74. The van der Waals surface area contributed by atoms with E-state index in [2.05, 4.69) is 0 Å². The largest absolute Gasteiger partial charge is 0.378 e. The lowest BCUT2D eigenvalue weighted by atomic mass is 9.77. The van der Waals surface area contributed by atoms with E-state index >= 15 is 35.1 Å². The first-order valence-electron chi connectivity index (χ1n) is 13.0. The van der Waals surface area contributed by atoms with Crippen molar-refractivity contribution in [3.63, 3.8) is 0 Å². The van der Waals surface area contributed by atoms with Crippen molar-refractivity contribution >= 4 is 11.8 Å². The molecule has 0 aromatic heterocycles. The van der Waals surface area contributed by atoms with Crippen LogP contribution in [0.2, 0.25) is 0 Å². The van der Waals surface area contributed by atoms with E-state index in [-0.39, 0.29) is 0 Å². The van der Waals surface area contributed by atoms with Crippen LogP contribution in [0.4, 0.5) is 35.1 Å². The highest BCUT2D eigenvalue weighted by atomic mass is 32.2. The van der Waals surface area contributed by atoms with Gasteiger partial charge in [0.2, 0.25) is 0 Å². The molecule has 0 amide bonds. The molecule has 0 aromatic rings. The highest BCUT2D eigenvalue weighted by molar-refractivity contribution is 8.07. The van der Waals surface area contributed by atoms with E-state index in [4.69, 9.17) is 0 Å². The predicted octanol–water partition coefficient (Wildman–Crippen LogP) is 6.16. The molecule has 0 heterocycles. The molecule has 0 spiro atoms. The molecule has 0 saturated carbocycles. The van der Waals surface area contributed by atoms with Crippen LogP contribution in [-0.4, -0.2) is 55.2 Å². The van der Waals surface area contributed by atoms with Crippen molar-refractivity contribution in [2.75, 3.05) is 0 Å². The Morgan fingerprint density at radius 2 is 0.733 bits per heavy atom. The number of hydrogen-bond donors (Lipinski definition) is 4. The normalized spacial score (nSPS) is 22.0. The molecule has 0 radical (unpaired) electrons. The second-order valence-corrected chi connectivity index (χ2v) is 13.3. The molecule has 2 atom stereocenters. The van der Waals surface area contributed by atoms with Gasteiger partial charge in [-0.1, -0.05) is 59.1 Å². The molecular weight excluding hydrogens is 632 g/mol. The molecule has 0 fully saturated rings. The minimum Gasteiger partial charge on any atom is -0.378 e. The third-order valence-electron chi connectivity index (χ3n) is 5.58. The summed E-state index contributed by atoms with van der Waals surface area (Å²) in [5.41, 5.74) is -14.4. The highest BCUT2D eigenvalue weighted by Crippen LogP contribution is 2.56. The molecule has 0 bridgehead atoms. The summed E-state index contributed by atoms with van der Waals surface area (Å²) in [4.78, 5) is -3.49. The van der Waals surface area contributed by atoms with Crippen molar-refractivity contribution in [2.45, 2.75) is 90.1 Å². The first kappa shape index (κ1) is 38.0. The van der Waals surface area contributed by atoms with Crippen molar-refractivity contribution in [1.82, 2.24) is 0 Å². The Morgan fingerprint density at radius 1 is 0.511 bits per heavy atom. The lowest BCUT2D eigenvalue weighted by Gasteiger charge is -2.32. The average molecular weight is 663 g/mol. The van der Waals surface area contributed by atoms with Gasteiger partial charge in [-0.05, 0) is 55.4 Å². The maximum absolute atomic E-state index is 15.7. The molecule has 4 nitrogen and oxygen atoms in total. The summed E-state index contributed by atoms with van der Waals surface area (Å²) >= 11 is -0.722. The fourth-order valence-corrected chi connectivity index (χ4v) is 4.38. The fraction of sp³-hybridized carbons (Fsp3) is 0.500. The topological polar surface area (TPSA) is 80.9 Å². The van der Waals surface area contributed by atoms with Gasteiger partial charge < -0.3 is 20.4 Å². The summed E-state index contributed by atoms with van der Waals surface area (Å²) in [5, 5.41) is 39.7. The van der Waals surface area contributed by atoms with Crippen LogP contribution in [0.3, 0.4) is 0 Å². The number of hydrogen-bond acceptors (Lipinski definition) is 5. The minimum absolute atomic E-state index is 0.722. The van der Waals surface area contributed by atoms with Crippen LogP contribution in [0, 0.1) is 58.2 Å². The Bertz CT molecular complexity index is 1450. The van der Waals surface area contributed by atoms with Crippen molar-refractivity contribution in [3.8, 4) is 47.4 Å². The van der Waals surface area contributed by atoms with Crippen molar-refractivity contribution < 1.29 is 55.5 Å². The van der Waals surface area contributed by atoms with Gasteiger partial charge >= 0.3 is 0 Å². The molecule has 0 saturated heterocycles. The first-order valence-corrected chi connectivity index (χ1v) is 13.8. The van der Waals surface area contributed by atoms with Crippen LogP contribution in [-0.2, 0) is 0 Å². The lowest BCUT2D eigenvalue weighted by Crippen LogP contribution is -2.37. The first-order chi connectivity index (χ1) is 20.1. The number of rotatable bonds is 2. The molecule has 13 heteroatoms. The summed E-state index contributed by atoms with van der Waals surface area (Å²) in [5.74, 6) is 1.92. The Morgan fingerprint density at radius 3 is 0.933 bits per heavy atom. The number of thioether (sulfide) groups is 1. The zero-order chi connectivity index (χ0) is 35.1. The van der Waals surface area contributed by atoms with Crippen LogP contribution >= 0.6 is 11.8 Å². The van der Waals surface area contributed by atoms with Gasteiger partial charge in [-0.2, -0.15) is 0 Å². The van der Waals surface area contributed by atoms with E-state index in [0.717, 1.165) is 55.4 Å². The number of aliphatic hydroxyl groups is 4. The monoisotopic (exact) mass is 662 g/mol. The van der Waals surface area contributed by atoms with Crippen molar-refractivity contribution in [3.05, 3.63) is 44.8 Å². The number of halogens is 8. The van der Waals surface area contributed by atoms with E-state index in [9.17, 15) is 20.4 Å². The zero-order valence-corrected chi connectivity index (χ0v) is 26.2. The summed E-state index contributed by atoms with van der Waals surface area (Å²) < 4.78 is 124. The number of alkyl halides is 2. The van der Waals surface area contributed by atoms with E-state index in [1.165, 1.54) is 0 Å². The second kappa shape index (κ2) is 12.6. The van der Waals surface area contributed by atoms with Gasteiger partial charge in [-0.15, -0.1) is 0 Å². The molecule has 244 valence electrons. The Labute approximate surface area is 260 Å². The zero-order valence-electron chi connectivity index (χ0n) is 25.4. The van der Waals surface area contributed by atoms with Gasteiger partial charge in [-0.3, -0.25) is 0 Å². The van der Waals surface area contributed by atoms with E-state index in [1.807, 2.05) is 47.4 Å². The smallest absolute Gasteiger partial charge is 0.187 e. The summed E-state index contributed by atoms with van der Waals surface area (Å²) in [6, 6.07) is 0. The Balaban J connectivity index is 2.85. The summed E-state index contributed by atoms with van der Waals surface area (Å²) in [6.07, 6.45) is -6.66. The summed E-state index contributed by atoms with van der Waals surface area (Å²) in [7, 11) is 0. The lowest BCUT2D eigenvalue weighted by molar-refractivity contribution is 0.140. The minimum atomic E-state index is -3.33. The fourth-order valence-electron chi connectivity index (χ4n) is 3.42. The highest BCUT2D eigenvalue weighted by Gasteiger charge is 2.55. The van der Waals surface area contributed by atoms with E-state index in [0.29, 0.717) is 0 Å². The van der Waals surface area contributed by atoms with Gasteiger partial charge in [0.25, 0.3) is 0 Å². The quantitative estimate of drug-likeness (QED) is 0.211. The van der Waals surface area contributed by atoms with Crippen LogP contribution in [0.5, 0.6) is 0 Å². The molecule has 2 aliphatic carbocycles. The van der Waals surface area contributed by atoms with Gasteiger partial charge in [0.1, 0.15) is 22.4 Å². The van der Waals surface area contributed by atoms with Gasteiger partial charge in [0.05, 0.1) is 9.81 Å². The van der Waals surface area contributed by atoms with Gasteiger partial charge in [-0.25, -0.2) is 35.1 Å². The predicted molar refractivity (Wildman–Crippen MR) is 153 cm³/mol. The van der Waals surface area contributed by atoms with Crippen LogP contribution in [0.25, 0.3) is 0 Å². The third kappa shape index (κ3) is 8.55. The molecule has 45 heavy (non-hydrogen) atoms. The standard InChI is InChI=1S/C32H30F8O4S/c1-27(2,41)9-13-31(14-10-28(3,4)42)23(37)17(33)21(18(34)24(31)38)45-22-19(35)25(39)32(26(40)20(22)36,15-11-29(5,6)43)16-12-30(7,8)44/h23,25,41-44H,1-8H3. The molecule has 2 unspecified atom stereocenters. The Kier molecular flexibility index (Phi) is 10.6. The molecular formula is C32H30F8O4S. The molecule has 2 aliphatic rings. The van der Waals surface area contributed by atoms with Crippen LogP contribution < -0.4 is 0 Å².